The molecule has 0 saturated heterocycles. The highest BCUT2D eigenvalue weighted by molar-refractivity contribution is 14.1. The minimum absolute atomic E-state index is 1.29. The van der Waals surface area contributed by atoms with Gasteiger partial charge in [0.05, 0.1) is 0 Å². The zero-order chi connectivity index (χ0) is 12.5. The van der Waals surface area contributed by atoms with Crippen LogP contribution in [0.15, 0.2) is 54.6 Å². The molecule has 0 unspecified atom stereocenters. The summed E-state index contributed by atoms with van der Waals surface area (Å²) < 4.78 is 1.31. The largest absolute Gasteiger partial charge is 0.0870 e. The molecule has 3 aromatic rings. The molecular formula is C17H13I. The number of benzene rings is 3. The van der Waals surface area contributed by atoms with E-state index in [1.807, 2.05) is 0 Å². The molecule has 18 heavy (non-hydrogen) atoms. The first-order valence-corrected chi connectivity index (χ1v) is 7.12. The number of halogens is 1. The van der Waals surface area contributed by atoms with Crippen LogP contribution < -0.4 is 0 Å². The van der Waals surface area contributed by atoms with Crippen LogP contribution in [0.1, 0.15) is 12.5 Å². The summed E-state index contributed by atoms with van der Waals surface area (Å²) in [4.78, 5) is 0. The second kappa shape index (κ2) is 4.73. The molecule has 0 aliphatic carbocycles. The Labute approximate surface area is 120 Å². The van der Waals surface area contributed by atoms with Gasteiger partial charge in [-0.05, 0) is 62.7 Å². The van der Waals surface area contributed by atoms with Crippen LogP contribution >= 0.6 is 22.6 Å². The fourth-order valence-corrected chi connectivity index (χ4v) is 3.13. The summed E-state index contributed by atoms with van der Waals surface area (Å²) >= 11 is 2.41. The molecule has 0 bridgehead atoms. The molecule has 0 aliphatic heterocycles. The van der Waals surface area contributed by atoms with E-state index >= 15 is 0 Å². The molecule has 0 aliphatic rings. The predicted octanol–water partition coefficient (Wildman–Crippen LogP) is 5.63. The summed E-state index contributed by atoms with van der Waals surface area (Å²) in [5.41, 5.74) is 1.29. The van der Waals surface area contributed by atoms with Crippen LogP contribution in [0.4, 0.5) is 0 Å². The summed E-state index contributed by atoms with van der Waals surface area (Å²) in [5, 5.41) is 5.34. The minimum Gasteiger partial charge on any atom is -0.0870 e. The zero-order valence-electron chi connectivity index (χ0n) is 10.2. The average Bonchev–Trinajstić information content (AvgIpc) is 2.39. The van der Waals surface area contributed by atoms with Gasteiger partial charge in [0.1, 0.15) is 0 Å². The molecule has 0 fully saturated rings. The molecule has 88 valence electrons. The van der Waals surface area contributed by atoms with E-state index in [1.165, 1.54) is 30.7 Å². The van der Waals surface area contributed by atoms with Crippen molar-refractivity contribution >= 4 is 50.2 Å². The minimum atomic E-state index is 1.29. The van der Waals surface area contributed by atoms with E-state index in [0.717, 1.165) is 0 Å². The third-order valence-corrected chi connectivity index (χ3v) is 4.17. The molecular weight excluding hydrogens is 331 g/mol. The third kappa shape index (κ3) is 1.83. The van der Waals surface area contributed by atoms with Gasteiger partial charge in [0.2, 0.25) is 0 Å². The average molecular weight is 344 g/mol. The fourth-order valence-electron chi connectivity index (χ4n) is 2.45. The normalized spacial score (nSPS) is 11.7. The number of hydrogen-bond donors (Lipinski definition) is 0. The van der Waals surface area contributed by atoms with Gasteiger partial charge in [0.25, 0.3) is 0 Å². The molecule has 0 radical (unpaired) electrons. The highest BCUT2D eigenvalue weighted by atomic mass is 127. The molecule has 0 spiro atoms. The van der Waals surface area contributed by atoms with E-state index in [2.05, 4.69) is 90.2 Å². The number of hydrogen-bond acceptors (Lipinski definition) is 0. The molecule has 0 saturated carbocycles. The zero-order valence-corrected chi connectivity index (χ0v) is 12.3. The van der Waals surface area contributed by atoms with E-state index in [0.29, 0.717) is 0 Å². The van der Waals surface area contributed by atoms with Gasteiger partial charge in [-0.2, -0.15) is 0 Å². The maximum Gasteiger partial charge on any atom is 0.0209 e. The quantitative estimate of drug-likeness (QED) is 0.396. The Balaban J connectivity index is 2.56. The van der Waals surface area contributed by atoms with E-state index in [9.17, 15) is 0 Å². The van der Waals surface area contributed by atoms with Crippen molar-refractivity contribution in [2.24, 2.45) is 0 Å². The van der Waals surface area contributed by atoms with Crippen LogP contribution in [0.3, 0.4) is 0 Å². The first-order valence-electron chi connectivity index (χ1n) is 6.04. The van der Waals surface area contributed by atoms with Gasteiger partial charge in [0.15, 0.2) is 0 Å². The van der Waals surface area contributed by atoms with Gasteiger partial charge in [-0.15, -0.1) is 0 Å². The lowest BCUT2D eigenvalue weighted by atomic mass is 9.97. The Morgan fingerprint density at radius 1 is 0.889 bits per heavy atom. The van der Waals surface area contributed by atoms with Gasteiger partial charge < -0.3 is 0 Å². The molecule has 0 atom stereocenters. The molecule has 0 amide bonds. The maximum absolute atomic E-state index is 2.41. The van der Waals surface area contributed by atoms with Crippen LogP contribution in [0.5, 0.6) is 0 Å². The molecule has 3 rings (SSSR count). The number of fused-ring (bicyclic) bond motifs is 3. The van der Waals surface area contributed by atoms with E-state index in [4.69, 9.17) is 0 Å². The highest BCUT2D eigenvalue weighted by Crippen LogP contribution is 2.31. The van der Waals surface area contributed by atoms with Crippen molar-refractivity contribution in [3.8, 4) is 0 Å². The number of allylic oxidation sites excluding steroid dienone is 1. The van der Waals surface area contributed by atoms with Crippen LogP contribution in [0, 0.1) is 3.57 Å². The van der Waals surface area contributed by atoms with Gasteiger partial charge in [-0.1, -0.05) is 54.6 Å². The molecule has 0 N–H and O–H groups in total. The second-order valence-electron chi connectivity index (χ2n) is 4.35. The van der Waals surface area contributed by atoms with Crippen molar-refractivity contribution in [2.45, 2.75) is 6.92 Å². The summed E-state index contributed by atoms with van der Waals surface area (Å²) in [5.74, 6) is 0. The van der Waals surface area contributed by atoms with Crippen molar-refractivity contribution in [2.75, 3.05) is 0 Å². The Bertz CT molecular complexity index is 754. The molecule has 3 aromatic carbocycles. The summed E-state index contributed by atoms with van der Waals surface area (Å²) in [6.45, 7) is 2.06. The van der Waals surface area contributed by atoms with Crippen LogP contribution in [-0.2, 0) is 0 Å². The summed E-state index contributed by atoms with van der Waals surface area (Å²) in [6.07, 6.45) is 4.28. The maximum atomic E-state index is 2.41. The van der Waals surface area contributed by atoms with Gasteiger partial charge in [-0.3, -0.25) is 0 Å². The highest BCUT2D eigenvalue weighted by Gasteiger charge is 2.05. The fraction of sp³-hybridized carbons (Fsp3) is 0.0588. The monoisotopic (exact) mass is 344 g/mol. The van der Waals surface area contributed by atoms with E-state index < -0.39 is 0 Å². The Hall–Kier alpha value is -1.35. The van der Waals surface area contributed by atoms with Gasteiger partial charge in [0, 0.05) is 3.57 Å². The Morgan fingerprint density at radius 2 is 1.72 bits per heavy atom. The van der Waals surface area contributed by atoms with Crippen LogP contribution in [0.2, 0.25) is 0 Å². The van der Waals surface area contributed by atoms with Crippen molar-refractivity contribution in [1.29, 1.82) is 0 Å². The standard InChI is InChI=1S/C17H13I/c1-2-5-12-6-3-7-13-10-11-14-15(17(12)13)8-4-9-16(14)18/h2-11H,1H3/b5-2-. The van der Waals surface area contributed by atoms with Crippen LogP contribution in [0.25, 0.3) is 27.6 Å². The molecule has 0 nitrogen and oxygen atoms in total. The van der Waals surface area contributed by atoms with Crippen LogP contribution in [-0.4, -0.2) is 0 Å². The lowest BCUT2D eigenvalue weighted by Gasteiger charge is -2.08. The lowest BCUT2D eigenvalue weighted by molar-refractivity contribution is 1.69. The third-order valence-electron chi connectivity index (χ3n) is 3.23. The van der Waals surface area contributed by atoms with E-state index in [-0.39, 0.29) is 0 Å². The SMILES string of the molecule is C/C=C\c1cccc2ccc3c(I)cccc3c12. The Morgan fingerprint density at radius 3 is 2.56 bits per heavy atom. The topological polar surface area (TPSA) is 0 Å². The molecule has 0 heterocycles. The summed E-state index contributed by atoms with van der Waals surface area (Å²) in [7, 11) is 0. The van der Waals surface area contributed by atoms with Gasteiger partial charge in [-0.25, -0.2) is 0 Å². The second-order valence-corrected chi connectivity index (χ2v) is 5.51. The first-order chi connectivity index (χ1) is 8.81. The number of rotatable bonds is 1. The predicted molar refractivity (Wildman–Crippen MR) is 88.9 cm³/mol. The van der Waals surface area contributed by atoms with Crippen molar-refractivity contribution in [3.05, 3.63) is 63.7 Å². The Kier molecular flexibility index (Phi) is 3.08. The molecule has 1 heteroatoms. The lowest BCUT2D eigenvalue weighted by Crippen LogP contribution is -1.83. The van der Waals surface area contributed by atoms with Crippen molar-refractivity contribution in [3.63, 3.8) is 0 Å². The van der Waals surface area contributed by atoms with Crippen molar-refractivity contribution < 1.29 is 0 Å². The molecule has 0 aromatic heterocycles. The van der Waals surface area contributed by atoms with Gasteiger partial charge >= 0.3 is 0 Å². The first kappa shape index (κ1) is 11.7. The van der Waals surface area contributed by atoms with E-state index in [1.54, 1.807) is 0 Å². The smallest absolute Gasteiger partial charge is 0.0209 e. The summed E-state index contributed by atoms with van der Waals surface area (Å²) in [6, 6.07) is 17.4. The van der Waals surface area contributed by atoms with Crippen molar-refractivity contribution in [1.82, 2.24) is 0 Å².